The number of carbonyl (C=O) groups is 2. The van der Waals surface area contributed by atoms with E-state index < -0.39 is 5.60 Å². The molecule has 1 spiro atoms. The number of fused-ring (bicyclic) bond motifs is 1. The number of thiazole rings is 1. The molecule has 1 aliphatic heterocycles. The molecular formula is C21H25N3O3S. The normalized spacial score (nSPS) is 24.1. The second-order valence-corrected chi connectivity index (χ2v) is 8.96. The van der Waals surface area contributed by atoms with Crippen molar-refractivity contribution in [3.63, 3.8) is 0 Å². The van der Waals surface area contributed by atoms with E-state index in [-0.39, 0.29) is 17.9 Å². The van der Waals surface area contributed by atoms with Crippen LogP contribution in [-0.2, 0) is 0 Å². The molecule has 1 aromatic heterocycles. The van der Waals surface area contributed by atoms with Gasteiger partial charge in [0.1, 0.15) is 16.2 Å². The van der Waals surface area contributed by atoms with Crippen molar-refractivity contribution in [1.29, 1.82) is 0 Å². The number of hydrogen-bond acceptors (Lipinski definition) is 5. The predicted octanol–water partition coefficient (Wildman–Crippen LogP) is 3.34. The van der Waals surface area contributed by atoms with Crippen LogP contribution in [0.3, 0.4) is 0 Å². The van der Waals surface area contributed by atoms with Crippen LogP contribution in [0.1, 0.15) is 56.4 Å². The Hall–Kier alpha value is -2.41. The van der Waals surface area contributed by atoms with Gasteiger partial charge in [-0.25, -0.2) is 4.98 Å². The minimum absolute atomic E-state index is 0.0458. The maximum Gasteiger partial charge on any atom is 0.265 e. The van der Waals surface area contributed by atoms with Crippen molar-refractivity contribution in [2.45, 2.75) is 51.2 Å². The molecule has 1 aromatic carbocycles. The number of carbonyl (C=O) groups excluding carboxylic acids is 2. The lowest BCUT2D eigenvalue weighted by molar-refractivity contribution is 0.0104. The maximum atomic E-state index is 12.9. The van der Waals surface area contributed by atoms with E-state index in [0.29, 0.717) is 17.9 Å². The number of aromatic nitrogens is 1. The summed E-state index contributed by atoms with van der Waals surface area (Å²) in [6.45, 7) is 4.31. The fraction of sp³-hybridized carbons (Fsp3) is 0.476. The Morgan fingerprint density at radius 2 is 2.00 bits per heavy atom. The van der Waals surface area contributed by atoms with E-state index >= 15 is 0 Å². The summed E-state index contributed by atoms with van der Waals surface area (Å²) in [5, 5.41) is 3.93. The first-order valence-corrected chi connectivity index (χ1v) is 10.5. The first-order chi connectivity index (χ1) is 13.4. The Balaban J connectivity index is 1.46. The van der Waals surface area contributed by atoms with Gasteiger partial charge in [-0.1, -0.05) is 12.1 Å². The Morgan fingerprint density at radius 1 is 1.29 bits per heavy atom. The van der Waals surface area contributed by atoms with Gasteiger partial charge in [0.05, 0.1) is 22.8 Å². The van der Waals surface area contributed by atoms with Gasteiger partial charge in [-0.3, -0.25) is 9.59 Å². The van der Waals surface area contributed by atoms with Crippen LogP contribution in [0.4, 0.5) is 0 Å². The van der Waals surface area contributed by atoms with Crippen LogP contribution in [-0.4, -0.2) is 46.9 Å². The molecular weight excluding hydrogens is 374 g/mol. The molecule has 1 N–H and O–H groups in total. The lowest BCUT2D eigenvalue weighted by atomic mass is 9.81. The molecule has 2 amide bonds. The highest BCUT2D eigenvalue weighted by Crippen LogP contribution is 2.37. The highest BCUT2D eigenvalue weighted by Gasteiger charge is 2.42. The van der Waals surface area contributed by atoms with Crippen molar-refractivity contribution >= 4 is 23.2 Å². The lowest BCUT2D eigenvalue weighted by Crippen LogP contribution is -2.51. The summed E-state index contributed by atoms with van der Waals surface area (Å²) in [4.78, 5) is 32.2. The minimum Gasteiger partial charge on any atom is -0.485 e. The molecule has 4 rings (SSSR count). The third-order valence-corrected chi connectivity index (χ3v) is 6.92. The van der Waals surface area contributed by atoms with Crippen molar-refractivity contribution in [2.24, 2.45) is 0 Å². The maximum absolute atomic E-state index is 12.9. The summed E-state index contributed by atoms with van der Waals surface area (Å²) in [6.07, 6.45) is 3.28. The van der Waals surface area contributed by atoms with E-state index in [9.17, 15) is 9.59 Å². The second kappa shape index (κ2) is 7.20. The molecule has 2 heterocycles. The molecule has 0 radical (unpaired) electrons. The van der Waals surface area contributed by atoms with Crippen molar-refractivity contribution < 1.29 is 14.3 Å². The second-order valence-electron chi connectivity index (χ2n) is 7.76. The molecule has 0 atom stereocenters. The number of ether oxygens (including phenoxy) is 1. The Bertz CT molecular complexity index is 915. The van der Waals surface area contributed by atoms with Crippen LogP contribution in [0.2, 0.25) is 0 Å². The Labute approximate surface area is 168 Å². The summed E-state index contributed by atoms with van der Waals surface area (Å²) in [5.74, 6) is 0.610. The third kappa shape index (κ3) is 3.39. The number of nitrogens with one attached hydrogen (secondary N) is 1. The first kappa shape index (κ1) is 18.9. The van der Waals surface area contributed by atoms with E-state index in [0.717, 1.165) is 41.3 Å². The molecule has 7 heteroatoms. The van der Waals surface area contributed by atoms with Gasteiger partial charge in [-0.15, -0.1) is 11.3 Å². The van der Waals surface area contributed by atoms with Crippen molar-refractivity contribution in [2.75, 3.05) is 13.6 Å². The Morgan fingerprint density at radius 3 is 2.68 bits per heavy atom. The molecule has 2 aromatic rings. The van der Waals surface area contributed by atoms with Crippen molar-refractivity contribution in [1.82, 2.24) is 15.2 Å². The molecule has 1 aliphatic carbocycles. The standard InChI is InChI=1S/C21H25N3O3S/c1-13-18(28-14(2)23-13)20(26)24(3)15-8-10-21(11-9-15)12-22-19(25)16-6-4-5-7-17(16)27-21/h4-7,15H,8-12H2,1-3H3,(H,22,25). The zero-order chi connectivity index (χ0) is 19.9. The summed E-state index contributed by atoms with van der Waals surface area (Å²) in [6, 6.07) is 7.56. The largest absolute Gasteiger partial charge is 0.485 e. The van der Waals surface area contributed by atoms with Gasteiger partial charge in [0.2, 0.25) is 0 Å². The topological polar surface area (TPSA) is 71.5 Å². The van der Waals surface area contributed by atoms with Gasteiger partial charge in [0.25, 0.3) is 11.8 Å². The molecule has 1 fully saturated rings. The van der Waals surface area contributed by atoms with E-state index in [4.69, 9.17) is 4.74 Å². The van der Waals surface area contributed by atoms with Crippen molar-refractivity contribution in [3.05, 3.63) is 45.4 Å². The number of nitrogens with zero attached hydrogens (tertiary/aromatic N) is 2. The van der Waals surface area contributed by atoms with Crippen LogP contribution < -0.4 is 10.1 Å². The van der Waals surface area contributed by atoms with Crippen LogP contribution in [0.5, 0.6) is 5.75 Å². The highest BCUT2D eigenvalue weighted by molar-refractivity contribution is 7.13. The van der Waals surface area contributed by atoms with Gasteiger partial charge < -0.3 is 15.0 Å². The SMILES string of the molecule is Cc1nc(C)c(C(=O)N(C)C2CCC3(CC2)CNC(=O)c2ccccc2O3)s1. The molecule has 0 unspecified atom stereocenters. The average molecular weight is 400 g/mol. The number of hydrogen-bond donors (Lipinski definition) is 1. The third-order valence-electron chi connectivity index (χ3n) is 5.86. The molecule has 28 heavy (non-hydrogen) atoms. The fourth-order valence-corrected chi connectivity index (χ4v) is 5.10. The van der Waals surface area contributed by atoms with Crippen LogP contribution in [0.15, 0.2) is 24.3 Å². The van der Waals surface area contributed by atoms with Crippen LogP contribution in [0.25, 0.3) is 0 Å². The zero-order valence-electron chi connectivity index (χ0n) is 16.4. The van der Waals surface area contributed by atoms with Crippen LogP contribution >= 0.6 is 11.3 Å². The Kier molecular flexibility index (Phi) is 4.87. The molecule has 6 nitrogen and oxygen atoms in total. The number of aryl methyl sites for hydroxylation is 2. The van der Waals surface area contributed by atoms with Crippen molar-refractivity contribution in [3.8, 4) is 5.75 Å². The lowest BCUT2D eigenvalue weighted by Gasteiger charge is -2.42. The van der Waals surface area contributed by atoms with Gasteiger partial charge in [-0.2, -0.15) is 0 Å². The first-order valence-electron chi connectivity index (χ1n) is 9.66. The molecule has 1 saturated carbocycles. The van der Waals surface area contributed by atoms with Gasteiger partial charge in [0, 0.05) is 13.1 Å². The van der Waals surface area contributed by atoms with Gasteiger partial charge >= 0.3 is 0 Å². The molecule has 148 valence electrons. The average Bonchev–Trinajstić information content (AvgIpc) is 2.97. The molecule has 2 aliphatic rings. The molecule has 0 saturated heterocycles. The fourth-order valence-electron chi connectivity index (χ4n) is 4.20. The molecule has 0 bridgehead atoms. The van der Waals surface area contributed by atoms with E-state index in [1.165, 1.54) is 11.3 Å². The van der Waals surface area contributed by atoms with Gasteiger partial charge in [-0.05, 0) is 51.7 Å². The van der Waals surface area contributed by atoms with E-state index in [2.05, 4.69) is 10.3 Å². The predicted molar refractivity (Wildman–Crippen MR) is 108 cm³/mol. The van der Waals surface area contributed by atoms with Gasteiger partial charge in [0.15, 0.2) is 0 Å². The minimum atomic E-state index is -0.403. The van der Waals surface area contributed by atoms with E-state index in [1.54, 1.807) is 6.07 Å². The zero-order valence-corrected chi connectivity index (χ0v) is 17.3. The highest BCUT2D eigenvalue weighted by atomic mass is 32.1. The number of rotatable bonds is 2. The smallest absolute Gasteiger partial charge is 0.265 e. The number of para-hydroxylation sites is 1. The van der Waals surface area contributed by atoms with E-state index in [1.807, 2.05) is 44.0 Å². The summed E-state index contributed by atoms with van der Waals surface area (Å²) >= 11 is 1.46. The number of amides is 2. The summed E-state index contributed by atoms with van der Waals surface area (Å²) in [7, 11) is 1.88. The number of benzene rings is 1. The quantitative estimate of drug-likeness (QED) is 0.841. The monoisotopic (exact) mass is 399 g/mol. The summed E-state index contributed by atoms with van der Waals surface area (Å²) < 4.78 is 6.36. The summed E-state index contributed by atoms with van der Waals surface area (Å²) in [5.41, 5.74) is 0.988. The van der Waals surface area contributed by atoms with Crippen LogP contribution in [0, 0.1) is 13.8 Å².